The molecule has 4 nitrogen and oxygen atoms in total. The number of hydrogen-bond acceptors (Lipinski definition) is 3. The highest BCUT2D eigenvalue weighted by Gasteiger charge is 2.43. The number of aliphatic hydroxyl groups is 1. The van der Waals surface area contributed by atoms with Crippen LogP contribution < -0.4 is 5.32 Å². The van der Waals surface area contributed by atoms with Crippen molar-refractivity contribution in [3.05, 3.63) is 77.5 Å². The van der Waals surface area contributed by atoms with Crippen LogP contribution in [-0.2, 0) is 5.72 Å². The van der Waals surface area contributed by atoms with Crippen molar-refractivity contribution in [3.8, 4) is 0 Å². The van der Waals surface area contributed by atoms with E-state index in [-0.39, 0.29) is 5.91 Å². The molecule has 0 radical (unpaired) electrons. The molecule has 0 spiro atoms. The Bertz CT molecular complexity index is 875. The zero-order chi connectivity index (χ0) is 14.4. The van der Waals surface area contributed by atoms with Crippen molar-refractivity contribution in [1.82, 2.24) is 10.3 Å². The topological polar surface area (TPSA) is 62.2 Å². The molecule has 1 unspecified atom stereocenters. The van der Waals surface area contributed by atoms with Crippen molar-refractivity contribution in [2.45, 2.75) is 5.72 Å². The zero-order valence-corrected chi connectivity index (χ0v) is 11.1. The lowest BCUT2D eigenvalue weighted by Crippen LogP contribution is -2.40. The second-order valence-corrected chi connectivity index (χ2v) is 5.10. The molecule has 21 heavy (non-hydrogen) atoms. The number of amides is 1. The van der Waals surface area contributed by atoms with Gasteiger partial charge in [0.15, 0.2) is 0 Å². The number of rotatable bonds is 1. The molecule has 3 aromatic rings. The lowest BCUT2D eigenvalue weighted by atomic mass is 9.98. The maximum atomic E-state index is 12.0. The van der Waals surface area contributed by atoms with Gasteiger partial charge >= 0.3 is 0 Å². The number of benzene rings is 2. The average Bonchev–Trinajstić information content (AvgIpc) is 2.80. The van der Waals surface area contributed by atoms with Gasteiger partial charge in [0.2, 0.25) is 5.72 Å². The quantitative estimate of drug-likeness (QED) is 0.716. The summed E-state index contributed by atoms with van der Waals surface area (Å²) in [5.41, 5.74) is 0.645. The first kappa shape index (κ1) is 12.1. The van der Waals surface area contributed by atoms with Gasteiger partial charge < -0.3 is 10.4 Å². The minimum absolute atomic E-state index is 0.289. The van der Waals surface area contributed by atoms with Gasteiger partial charge in [-0.05, 0) is 18.2 Å². The fourth-order valence-electron chi connectivity index (χ4n) is 2.77. The van der Waals surface area contributed by atoms with Crippen LogP contribution in [0.1, 0.15) is 21.6 Å². The van der Waals surface area contributed by atoms with Gasteiger partial charge in [-0.1, -0.05) is 42.5 Å². The lowest BCUT2D eigenvalue weighted by Gasteiger charge is -2.23. The molecule has 1 amide bonds. The molecule has 2 heterocycles. The zero-order valence-electron chi connectivity index (χ0n) is 11.1. The normalized spacial score (nSPS) is 20.3. The van der Waals surface area contributed by atoms with Crippen molar-refractivity contribution < 1.29 is 9.90 Å². The number of aromatic nitrogens is 1. The predicted molar refractivity (Wildman–Crippen MR) is 78.7 cm³/mol. The van der Waals surface area contributed by atoms with Gasteiger partial charge in [0.1, 0.15) is 0 Å². The molecule has 2 aromatic carbocycles. The Kier molecular flexibility index (Phi) is 2.37. The van der Waals surface area contributed by atoms with Crippen molar-refractivity contribution in [2.75, 3.05) is 0 Å². The van der Waals surface area contributed by atoms with Crippen molar-refractivity contribution in [2.24, 2.45) is 0 Å². The molecule has 1 aromatic heterocycles. The SMILES string of the molecule is O=C1NC(O)(c2ccc3ccccc3n2)c2ccccc21. The smallest absolute Gasteiger partial charge is 0.254 e. The minimum Gasteiger partial charge on any atom is -0.362 e. The molecule has 4 rings (SSSR count). The molecular formula is C17H12N2O2. The van der Waals surface area contributed by atoms with Gasteiger partial charge in [0, 0.05) is 16.5 Å². The van der Waals surface area contributed by atoms with E-state index in [1.807, 2.05) is 30.3 Å². The molecule has 1 aliphatic rings. The van der Waals surface area contributed by atoms with Crippen LogP contribution in [0.2, 0.25) is 0 Å². The molecule has 0 saturated heterocycles. The predicted octanol–water partition coefficient (Wildman–Crippen LogP) is 2.17. The van der Waals surface area contributed by atoms with E-state index >= 15 is 0 Å². The number of nitrogens with zero attached hydrogens (tertiary/aromatic N) is 1. The van der Waals surface area contributed by atoms with Crippen molar-refractivity contribution >= 4 is 16.8 Å². The highest BCUT2D eigenvalue weighted by Crippen LogP contribution is 2.34. The van der Waals surface area contributed by atoms with Gasteiger partial charge in [-0.3, -0.25) is 4.79 Å². The summed E-state index contributed by atoms with van der Waals surface area (Å²) in [7, 11) is 0. The number of carbonyl (C=O) groups is 1. The maximum absolute atomic E-state index is 12.0. The minimum atomic E-state index is -1.57. The van der Waals surface area contributed by atoms with Gasteiger partial charge in [0.25, 0.3) is 5.91 Å². The molecule has 0 bridgehead atoms. The number of carbonyl (C=O) groups excluding carboxylic acids is 1. The van der Waals surface area contributed by atoms with Crippen molar-refractivity contribution in [1.29, 1.82) is 0 Å². The van der Waals surface area contributed by atoms with Crippen LogP contribution in [0.5, 0.6) is 0 Å². The third-order valence-electron chi connectivity index (χ3n) is 3.83. The molecular weight excluding hydrogens is 264 g/mol. The summed E-state index contributed by atoms with van der Waals surface area (Å²) < 4.78 is 0. The van der Waals surface area contributed by atoms with Crippen LogP contribution in [0.4, 0.5) is 0 Å². The Balaban J connectivity index is 1.94. The Labute approximate surface area is 121 Å². The van der Waals surface area contributed by atoms with Crippen LogP contribution >= 0.6 is 0 Å². The number of nitrogens with one attached hydrogen (secondary N) is 1. The summed E-state index contributed by atoms with van der Waals surface area (Å²) in [6.45, 7) is 0. The standard InChI is InChI=1S/C17H12N2O2/c20-16-12-6-2-3-7-13(12)17(21,19-16)15-10-9-11-5-1-4-8-14(11)18-15/h1-10,21H,(H,19,20). The molecule has 0 saturated carbocycles. The summed E-state index contributed by atoms with van der Waals surface area (Å²) in [6.07, 6.45) is 0. The van der Waals surface area contributed by atoms with E-state index in [9.17, 15) is 9.90 Å². The van der Waals surface area contributed by atoms with Crippen LogP contribution in [-0.4, -0.2) is 16.0 Å². The third kappa shape index (κ3) is 1.66. The van der Waals surface area contributed by atoms with Crippen LogP contribution in [0.15, 0.2) is 60.7 Å². The largest absolute Gasteiger partial charge is 0.362 e. The highest BCUT2D eigenvalue weighted by atomic mass is 16.3. The fraction of sp³-hybridized carbons (Fsp3) is 0.0588. The van der Waals surface area contributed by atoms with E-state index in [1.54, 1.807) is 30.3 Å². The molecule has 2 N–H and O–H groups in total. The first-order chi connectivity index (χ1) is 10.2. The van der Waals surface area contributed by atoms with Gasteiger partial charge in [-0.15, -0.1) is 0 Å². The summed E-state index contributed by atoms with van der Waals surface area (Å²) >= 11 is 0. The third-order valence-corrected chi connectivity index (χ3v) is 3.83. The monoisotopic (exact) mass is 276 g/mol. The van der Waals surface area contributed by atoms with Gasteiger partial charge in [-0.2, -0.15) is 0 Å². The van der Waals surface area contributed by atoms with E-state index < -0.39 is 5.72 Å². The molecule has 1 atom stereocenters. The molecule has 0 aliphatic carbocycles. The van der Waals surface area contributed by atoms with Crippen LogP contribution in [0, 0.1) is 0 Å². The van der Waals surface area contributed by atoms with Gasteiger partial charge in [-0.25, -0.2) is 4.98 Å². The average molecular weight is 276 g/mol. The van der Waals surface area contributed by atoms with Crippen molar-refractivity contribution in [3.63, 3.8) is 0 Å². The number of fused-ring (bicyclic) bond motifs is 2. The summed E-state index contributed by atoms with van der Waals surface area (Å²) in [4.78, 5) is 16.5. The summed E-state index contributed by atoms with van der Waals surface area (Å²) in [5, 5.41) is 14.6. The molecule has 0 fully saturated rings. The first-order valence-electron chi connectivity index (χ1n) is 6.69. The second kappa shape index (κ2) is 4.14. The van der Waals surface area contributed by atoms with E-state index in [0.29, 0.717) is 16.8 Å². The van der Waals surface area contributed by atoms with E-state index in [0.717, 1.165) is 10.9 Å². The number of para-hydroxylation sites is 1. The summed E-state index contributed by atoms with van der Waals surface area (Å²) in [6, 6.07) is 18.3. The Morgan fingerprint density at radius 2 is 1.71 bits per heavy atom. The Morgan fingerprint density at radius 1 is 0.952 bits per heavy atom. The van der Waals surface area contributed by atoms with Crippen LogP contribution in [0.25, 0.3) is 10.9 Å². The molecule has 4 heteroatoms. The Morgan fingerprint density at radius 3 is 2.62 bits per heavy atom. The second-order valence-electron chi connectivity index (χ2n) is 5.10. The fourth-order valence-corrected chi connectivity index (χ4v) is 2.77. The van der Waals surface area contributed by atoms with Gasteiger partial charge in [0.05, 0.1) is 11.2 Å². The molecule has 102 valence electrons. The number of hydrogen-bond donors (Lipinski definition) is 2. The van der Waals surface area contributed by atoms with E-state index in [2.05, 4.69) is 10.3 Å². The van der Waals surface area contributed by atoms with E-state index in [4.69, 9.17) is 0 Å². The molecule has 1 aliphatic heterocycles. The van der Waals surface area contributed by atoms with Crippen LogP contribution in [0.3, 0.4) is 0 Å². The number of pyridine rings is 1. The highest BCUT2D eigenvalue weighted by molar-refractivity contribution is 6.00. The first-order valence-corrected chi connectivity index (χ1v) is 6.69. The Hall–Kier alpha value is -2.72. The van der Waals surface area contributed by atoms with E-state index in [1.165, 1.54) is 0 Å². The maximum Gasteiger partial charge on any atom is 0.254 e. The lowest BCUT2D eigenvalue weighted by molar-refractivity contribution is 0.0447. The summed E-state index contributed by atoms with van der Waals surface area (Å²) in [5.74, 6) is -0.289.